The van der Waals surface area contributed by atoms with Crippen molar-refractivity contribution in [1.82, 2.24) is 0 Å². The van der Waals surface area contributed by atoms with Crippen molar-refractivity contribution in [3.63, 3.8) is 0 Å². The van der Waals surface area contributed by atoms with E-state index in [0.29, 0.717) is 19.3 Å². The summed E-state index contributed by atoms with van der Waals surface area (Å²) in [7, 11) is -3.61. The maximum atomic E-state index is 11.4. The highest BCUT2D eigenvalue weighted by Crippen LogP contribution is 2.08. The van der Waals surface area contributed by atoms with E-state index in [1.807, 2.05) is 0 Å². The molecule has 1 unspecified atom stereocenters. The standard InChI is InChI=1S/C9H16O6S/c1-7(9(12)13)16(14,15)6-4-2-3-5-8(10)11/h7H,2-6H2,1H3,(H,10,11)(H,12,13). The van der Waals surface area contributed by atoms with Crippen LogP contribution in [0.5, 0.6) is 0 Å². The minimum atomic E-state index is -3.61. The number of sulfone groups is 1. The molecule has 0 heterocycles. The zero-order chi connectivity index (χ0) is 12.8. The summed E-state index contributed by atoms with van der Waals surface area (Å²) in [6.07, 6.45) is 1.19. The van der Waals surface area contributed by atoms with Crippen LogP contribution in [0.2, 0.25) is 0 Å². The van der Waals surface area contributed by atoms with Gasteiger partial charge in [-0.15, -0.1) is 0 Å². The monoisotopic (exact) mass is 252 g/mol. The Labute approximate surface area is 94.2 Å². The van der Waals surface area contributed by atoms with Crippen molar-refractivity contribution >= 4 is 21.8 Å². The third kappa shape index (κ3) is 5.69. The first kappa shape index (κ1) is 14.9. The van der Waals surface area contributed by atoms with Gasteiger partial charge < -0.3 is 10.2 Å². The van der Waals surface area contributed by atoms with Gasteiger partial charge in [0, 0.05) is 6.42 Å². The van der Waals surface area contributed by atoms with Crippen molar-refractivity contribution in [3.8, 4) is 0 Å². The van der Waals surface area contributed by atoms with Crippen molar-refractivity contribution in [2.75, 3.05) is 5.75 Å². The van der Waals surface area contributed by atoms with Crippen LogP contribution in [0, 0.1) is 0 Å². The van der Waals surface area contributed by atoms with Crippen molar-refractivity contribution < 1.29 is 28.2 Å². The average molecular weight is 252 g/mol. The predicted molar refractivity (Wildman–Crippen MR) is 57.0 cm³/mol. The Morgan fingerprint density at radius 1 is 1.12 bits per heavy atom. The van der Waals surface area contributed by atoms with E-state index in [-0.39, 0.29) is 12.2 Å². The molecular formula is C9H16O6S. The predicted octanol–water partition coefficient (Wildman–Crippen LogP) is 0.519. The SMILES string of the molecule is CC(C(=O)O)S(=O)(=O)CCCCCC(=O)O. The second-order valence-electron chi connectivity index (χ2n) is 3.55. The van der Waals surface area contributed by atoms with Crippen LogP contribution in [-0.4, -0.2) is 41.6 Å². The molecule has 0 radical (unpaired) electrons. The summed E-state index contributed by atoms with van der Waals surface area (Å²) in [5.74, 6) is -2.48. The summed E-state index contributed by atoms with van der Waals surface area (Å²) in [5.41, 5.74) is 0. The lowest BCUT2D eigenvalue weighted by atomic mass is 10.2. The van der Waals surface area contributed by atoms with Gasteiger partial charge in [0.2, 0.25) is 0 Å². The largest absolute Gasteiger partial charge is 0.481 e. The lowest BCUT2D eigenvalue weighted by Crippen LogP contribution is -2.29. The number of hydrogen-bond donors (Lipinski definition) is 2. The van der Waals surface area contributed by atoms with Crippen molar-refractivity contribution in [2.45, 2.75) is 37.9 Å². The summed E-state index contributed by atoms with van der Waals surface area (Å²) in [6, 6.07) is 0. The molecule has 0 aromatic rings. The molecule has 16 heavy (non-hydrogen) atoms. The van der Waals surface area contributed by atoms with E-state index >= 15 is 0 Å². The molecule has 0 aliphatic heterocycles. The van der Waals surface area contributed by atoms with Gasteiger partial charge in [0.05, 0.1) is 5.75 Å². The molecule has 94 valence electrons. The van der Waals surface area contributed by atoms with E-state index in [1.54, 1.807) is 0 Å². The van der Waals surface area contributed by atoms with Gasteiger partial charge in [-0.05, 0) is 19.8 Å². The molecule has 0 rings (SSSR count). The Balaban J connectivity index is 3.93. The van der Waals surface area contributed by atoms with Gasteiger partial charge in [0.15, 0.2) is 15.1 Å². The molecular weight excluding hydrogens is 236 g/mol. The molecule has 0 bridgehead atoms. The van der Waals surface area contributed by atoms with Crippen LogP contribution in [0.4, 0.5) is 0 Å². The molecule has 2 N–H and O–H groups in total. The number of carbonyl (C=O) groups is 2. The van der Waals surface area contributed by atoms with Crippen molar-refractivity contribution in [1.29, 1.82) is 0 Å². The maximum absolute atomic E-state index is 11.4. The molecule has 0 aliphatic carbocycles. The second kappa shape index (κ2) is 6.47. The molecule has 0 saturated heterocycles. The summed E-state index contributed by atoms with van der Waals surface area (Å²) >= 11 is 0. The first-order valence-electron chi connectivity index (χ1n) is 4.93. The van der Waals surface area contributed by atoms with Gasteiger partial charge in [-0.2, -0.15) is 0 Å². The topological polar surface area (TPSA) is 109 Å². The normalized spacial score (nSPS) is 13.3. The molecule has 0 aromatic carbocycles. The zero-order valence-corrected chi connectivity index (χ0v) is 9.87. The average Bonchev–Trinajstić information content (AvgIpc) is 2.15. The number of rotatable bonds is 8. The maximum Gasteiger partial charge on any atom is 0.321 e. The quantitative estimate of drug-likeness (QED) is 0.609. The summed E-state index contributed by atoms with van der Waals surface area (Å²) in [5, 5.41) is 15.5. The molecule has 0 fully saturated rings. The Morgan fingerprint density at radius 2 is 1.69 bits per heavy atom. The van der Waals surface area contributed by atoms with Crippen LogP contribution in [0.15, 0.2) is 0 Å². The number of unbranched alkanes of at least 4 members (excludes halogenated alkanes) is 2. The number of hydrogen-bond acceptors (Lipinski definition) is 4. The number of carboxylic acids is 2. The first-order valence-corrected chi connectivity index (χ1v) is 6.65. The number of aliphatic carboxylic acids is 2. The van der Waals surface area contributed by atoms with E-state index < -0.39 is 27.0 Å². The highest BCUT2D eigenvalue weighted by molar-refractivity contribution is 7.92. The smallest absolute Gasteiger partial charge is 0.321 e. The molecule has 1 atom stereocenters. The molecule has 0 aliphatic rings. The van der Waals surface area contributed by atoms with Gasteiger partial charge in [-0.1, -0.05) is 6.42 Å². The first-order chi connectivity index (χ1) is 7.27. The van der Waals surface area contributed by atoms with Crippen LogP contribution in [0.1, 0.15) is 32.6 Å². The van der Waals surface area contributed by atoms with E-state index in [1.165, 1.54) is 0 Å². The van der Waals surface area contributed by atoms with E-state index in [9.17, 15) is 18.0 Å². The highest BCUT2D eigenvalue weighted by atomic mass is 32.2. The summed E-state index contributed by atoms with van der Waals surface area (Å²) in [4.78, 5) is 20.6. The molecule has 0 spiro atoms. The Hall–Kier alpha value is -1.11. The third-order valence-electron chi connectivity index (χ3n) is 2.21. The minimum Gasteiger partial charge on any atom is -0.481 e. The minimum absolute atomic E-state index is 0.00846. The lowest BCUT2D eigenvalue weighted by molar-refractivity contribution is -0.137. The van der Waals surface area contributed by atoms with Crippen LogP contribution >= 0.6 is 0 Å². The van der Waals surface area contributed by atoms with Crippen LogP contribution in [0.3, 0.4) is 0 Å². The second-order valence-corrected chi connectivity index (χ2v) is 5.99. The van der Waals surface area contributed by atoms with Gasteiger partial charge in [-0.25, -0.2) is 8.42 Å². The summed E-state index contributed by atoms with van der Waals surface area (Å²) in [6.45, 7) is 1.13. The highest BCUT2D eigenvalue weighted by Gasteiger charge is 2.26. The van der Waals surface area contributed by atoms with Gasteiger partial charge in [0.1, 0.15) is 0 Å². The Kier molecular flexibility index (Phi) is 6.02. The molecule has 6 nitrogen and oxygen atoms in total. The van der Waals surface area contributed by atoms with Crippen molar-refractivity contribution in [2.24, 2.45) is 0 Å². The molecule has 0 amide bonds. The van der Waals surface area contributed by atoms with E-state index in [0.717, 1.165) is 6.92 Å². The zero-order valence-electron chi connectivity index (χ0n) is 9.05. The molecule has 0 saturated carbocycles. The molecule has 0 aromatic heterocycles. The fraction of sp³-hybridized carbons (Fsp3) is 0.778. The lowest BCUT2D eigenvalue weighted by Gasteiger charge is -2.07. The Bertz CT molecular complexity index is 345. The van der Waals surface area contributed by atoms with Gasteiger partial charge in [-0.3, -0.25) is 9.59 Å². The fourth-order valence-electron chi connectivity index (χ4n) is 1.09. The summed E-state index contributed by atoms with van der Waals surface area (Å²) < 4.78 is 22.7. The van der Waals surface area contributed by atoms with E-state index in [2.05, 4.69) is 0 Å². The molecule has 7 heteroatoms. The van der Waals surface area contributed by atoms with Gasteiger partial charge >= 0.3 is 11.9 Å². The van der Waals surface area contributed by atoms with E-state index in [4.69, 9.17) is 10.2 Å². The van der Waals surface area contributed by atoms with Crippen molar-refractivity contribution in [3.05, 3.63) is 0 Å². The van der Waals surface area contributed by atoms with Crippen LogP contribution in [-0.2, 0) is 19.4 Å². The van der Waals surface area contributed by atoms with Gasteiger partial charge in [0.25, 0.3) is 0 Å². The Morgan fingerprint density at radius 3 is 2.12 bits per heavy atom. The van der Waals surface area contributed by atoms with Crippen LogP contribution in [0.25, 0.3) is 0 Å². The van der Waals surface area contributed by atoms with Crippen LogP contribution < -0.4 is 0 Å². The fourth-order valence-corrected chi connectivity index (χ4v) is 2.35. The third-order valence-corrected chi connectivity index (χ3v) is 4.34. The number of carboxylic acid groups (broad SMARTS) is 2.